The smallest absolute Gasteiger partial charge is 0.341 e. The molecule has 102 valence electrons. The minimum Gasteiger partial charge on any atom is -0.477 e. The first kappa shape index (κ1) is 12.6. The lowest BCUT2D eigenvalue weighted by Crippen LogP contribution is -2.27. The number of hydrogen-bond acceptors (Lipinski definition) is 2. The summed E-state index contributed by atoms with van der Waals surface area (Å²) in [5, 5.41) is 9.27. The Morgan fingerprint density at radius 3 is 2.55 bits per heavy atom. The van der Waals surface area contributed by atoms with Crippen molar-refractivity contribution in [3.63, 3.8) is 0 Å². The number of aryl methyl sites for hydroxylation is 1. The monoisotopic (exact) mass is 273 g/mol. The van der Waals surface area contributed by atoms with E-state index >= 15 is 0 Å². The largest absolute Gasteiger partial charge is 0.477 e. The van der Waals surface area contributed by atoms with Gasteiger partial charge in [-0.3, -0.25) is 9.36 Å². The van der Waals surface area contributed by atoms with E-state index in [1.807, 2.05) is 0 Å². The van der Waals surface area contributed by atoms with Crippen molar-refractivity contribution >= 4 is 5.97 Å². The van der Waals surface area contributed by atoms with Gasteiger partial charge in [-0.15, -0.1) is 0 Å². The summed E-state index contributed by atoms with van der Waals surface area (Å²) in [5.74, 6) is -1.61. The third-order valence-electron chi connectivity index (χ3n) is 3.60. The zero-order valence-electron chi connectivity index (χ0n) is 10.6. The number of carboxylic acids is 1. The first-order valence-corrected chi connectivity index (χ1v) is 6.34. The molecule has 0 amide bonds. The molecule has 0 atom stereocenters. The van der Waals surface area contributed by atoms with Gasteiger partial charge in [0.15, 0.2) is 0 Å². The fourth-order valence-corrected chi connectivity index (χ4v) is 2.67. The van der Waals surface area contributed by atoms with E-state index in [-0.39, 0.29) is 5.56 Å². The second-order valence-electron chi connectivity index (χ2n) is 4.82. The highest BCUT2D eigenvalue weighted by atomic mass is 19.1. The predicted octanol–water partition coefficient (Wildman–Crippen LogP) is 2.16. The molecule has 0 saturated carbocycles. The van der Waals surface area contributed by atoms with E-state index in [0.717, 1.165) is 18.4 Å². The third kappa shape index (κ3) is 1.91. The predicted molar refractivity (Wildman–Crippen MR) is 71.0 cm³/mol. The van der Waals surface area contributed by atoms with Crippen LogP contribution in [0, 0.1) is 5.82 Å². The van der Waals surface area contributed by atoms with Crippen LogP contribution in [0.2, 0.25) is 0 Å². The van der Waals surface area contributed by atoms with E-state index in [1.54, 1.807) is 6.20 Å². The van der Waals surface area contributed by atoms with Crippen molar-refractivity contribution in [1.82, 2.24) is 4.57 Å². The molecule has 1 aromatic carbocycles. The van der Waals surface area contributed by atoms with Crippen molar-refractivity contribution in [2.75, 3.05) is 0 Å². The quantitative estimate of drug-likeness (QED) is 0.912. The highest BCUT2D eigenvalue weighted by molar-refractivity contribution is 5.89. The maximum absolute atomic E-state index is 12.9. The summed E-state index contributed by atoms with van der Waals surface area (Å²) >= 11 is 0. The number of benzene rings is 1. The average molecular weight is 273 g/mol. The van der Waals surface area contributed by atoms with Crippen molar-refractivity contribution in [3.8, 4) is 5.69 Å². The average Bonchev–Trinajstić information content (AvgIpc) is 2.86. The molecule has 1 aliphatic carbocycles. The lowest BCUT2D eigenvalue weighted by atomic mass is 10.1. The molecule has 0 fully saturated rings. The second-order valence-corrected chi connectivity index (χ2v) is 4.82. The number of halogens is 1. The molecule has 1 aromatic heterocycles. The minimum absolute atomic E-state index is 0.163. The number of aromatic carboxylic acids is 1. The lowest BCUT2D eigenvalue weighted by molar-refractivity contribution is 0.0693. The fraction of sp³-hybridized carbons (Fsp3) is 0.200. The van der Waals surface area contributed by atoms with Crippen molar-refractivity contribution in [2.45, 2.75) is 19.3 Å². The number of hydrogen-bond donors (Lipinski definition) is 1. The van der Waals surface area contributed by atoms with Gasteiger partial charge in [-0.2, -0.15) is 0 Å². The summed E-state index contributed by atoms with van der Waals surface area (Å²) in [6.45, 7) is 0. The van der Waals surface area contributed by atoms with Gasteiger partial charge in [0, 0.05) is 11.9 Å². The number of nitrogens with zero attached hydrogens (tertiary/aromatic N) is 1. The summed E-state index contributed by atoms with van der Waals surface area (Å²) in [4.78, 5) is 23.7. The van der Waals surface area contributed by atoms with Crippen LogP contribution in [-0.2, 0) is 12.8 Å². The summed E-state index contributed by atoms with van der Waals surface area (Å²) < 4.78 is 14.2. The molecule has 0 unspecified atom stereocenters. The van der Waals surface area contributed by atoms with Gasteiger partial charge in [-0.1, -0.05) is 0 Å². The topological polar surface area (TPSA) is 59.3 Å². The number of pyridine rings is 1. The Morgan fingerprint density at radius 1 is 1.20 bits per heavy atom. The normalized spacial score (nSPS) is 13.2. The molecule has 0 radical (unpaired) electrons. The number of carboxylic acid groups (broad SMARTS) is 1. The molecule has 1 heterocycles. The Bertz CT molecular complexity index is 747. The number of fused-ring (bicyclic) bond motifs is 1. The first-order valence-electron chi connectivity index (χ1n) is 6.34. The summed E-state index contributed by atoms with van der Waals surface area (Å²) in [6, 6.07) is 5.41. The van der Waals surface area contributed by atoms with E-state index < -0.39 is 17.3 Å². The highest BCUT2D eigenvalue weighted by Crippen LogP contribution is 2.24. The molecular formula is C15H12FNO3. The number of aromatic nitrogens is 1. The van der Waals surface area contributed by atoms with Crippen molar-refractivity contribution in [3.05, 3.63) is 63.3 Å². The van der Waals surface area contributed by atoms with Gasteiger partial charge in [0.25, 0.3) is 5.56 Å². The standard InChI is InChI=1S/C15H12FNO3/c16-10-4-6-11(7-5-10)17-8-9-2-1-3-12(9)13(14(17)18)15(19)20/h4-8H,1-3H2,(H,19,20). The molecule has 3 rings (SSSR count). The zero-order valence-corrected chi connectivity index (χ0v) is 10.6. The van der Waals surface area contributed by atoms with Gasteiger partial charge in [0.2, 0.25) is 0 Å². The SMILES string of the molecule is O=C(O)c1c2c(cn(-c3ccc(F)cc3)c1=O)CCC2. The van der Waals surface area contributed by atoms with Crippen LogP contribution in [0.1, 0.15) is 27.9 Å². The van der Waals surface area contributed by atoms with Crippen LogP contribution in [-0.4, -0.2) is 15.6 Å². The second kappa shape index (κ2) is 4.59. The number of carbonyl (C=O) groups is 1. The van der Waals surface area contributed by atoms with Gasteiger partial charge in [0.1, 0.15) is 11.4 Å². The van der Waals surface area contributed by atoms with Crippen LogP contribution in [0.5, 0.6) is 0 Å². The minimum atomic E-state index is -1.20. The molecule has 4 nitrogen and oxygen atoms in total. The Kier molecular flexibility index (Phi) is 2.89. The molecule has 0 aliphatic heterocycles. The molecule has 0 spiro atoms. The van der Waals surface area contributed by atoms with Crippen molar-refractivity contribution in [1.29, 1.82) is 0 Å². The zero-order chi connectivity index (χ0) is 14.3. The van der Waals surface area contributed by atoms with E-state index in [2.05, 4.69) is 0 Å². The van der Waals surface area contributed by atoms with Crippen LogP contribution in [0.3, 0.4) is 0 Å². The van der Waals surface area contributed by atoms with Crippen LogP contribution < -0.4 is 5.56 Å². The lowest BCUT2D eigenvalue weighted by Gasteiger charge is -2.11. The molecular weight excluding hydrogens is 261 g/mol. The van der Waals surface area contributed by atoms with Crippen LogP contribution in [0.4, 0.5) is 4.39 Å². The van der Waals surface area contributed by atoms with Gasteiger partial charge in [-0.05, 0) is 54.7 Å². The number of rotatable bonds is 2. The molecule has 0 bridgehead atoms. The first-order chi connectivity index (χ1) is 9.58. The molecule has 2 aromatic rings. The third-order valence-corrected chi connectivity index (χ3v) is 3.60. The Hall–Kier alpha value is -2.43. The Labute approximate surface area is 114 Å². The van der Waals surface area contributed by atoms with Gasteiger partial charge in [0.05, 0.1) is 0 Å². The highest BCUT2D eigenvalue weighted by Gasteiger charge is 2.24. The van der Waals surface area contributed by atoms with E-state index in [9.17, 15) is 19.1 Å². The molecule has 1 N–H and O–H groups in total. The van der Waals surface area contributed by atoms with E-state index in [1.165, 1.54) is 28.8 Å². The summed E-state index contributed by atoms with van der Waals surface area (Å²) in [7, 11) is 0. The summed E-state index contributed by atoms with van der Waals surface area (Å²) in [5.41, 5.74) is 1.26. The summed E-state index contributed by atoms with van der Waals surface area (Å²) in [6.07, 6.45) is 3.90. The van der Waals surface area contributed by atoms with Gasteiger partial charge >= 0.3 is 5.97 Å². The van der Waals surface area contributed by atoms with Crippen LogP contribution >= 0.6 is 0 Å². The molecule has 0 saturated heterocycles. The Balaban J connectivity index is 2.27. The molecule has 20 heavy (non-hydrogen) atoms. The van der Waals surface area contributed by atoms with E-state index in [0.29, 0.717) is 17.7 Å². The van der Waals surface area contributed by atoms with Crippen LogP contribution in [0.15, 0.2) is 35.3 Å². The van der Waals surface area contributed by atoms with E-state index in [4.69, 9.17) is 0 Å². The van der Waals surface area contributed by atoms with Crippen molar-refractivity contribution in [2.24, 2.45) is 0 Å². The maximum atomic E-state index is 12.9. The van der Waals surface area contributed by atoms with Crippen molar-refractivity contribution < 1.29 is 14.3 Å². The Morgan fingerprint density at radius 2 is 1.90 bits per heavy atom. The van der Waals surface area contributed by atoms with Gasteiger partial charge < -0.3 is 5.11 Å². The van der Waals surface area contributed by atoms with Gasteiger partial charge in [-0.25, -0.2) is 9.18 Å². The molecule has 1 aliphatic rings. The fourth-order valence-electron chi connectivity index (χ4n) is 2.67. The van der Waals surface area contributed by atoms with Crippen LogP contribution in [0.25, 0.3) is 5.69 Å². The molecule has 5 heteroatoms. The maximum Gasteiger partial charge on any atom is 0.341 e.